The van der Waals surface area contributed by atoms with E-state index in [-0.39, 0.29) is 11.9 Å². The molecule has 1 aliphatic heterocycles. The predicted octanol–water partition coefficient (Wildman–Crippen LogP) is 4.40. The molecule has 1 atom stereocenters. The Balaban J connectivity index is 1.22. The Morgan fingerprint density at radius 2 is 1.84 bits per heavy atom. The molecule has 0 unspecified atom stereocenters. The molecule has 164 valence electrons. The Morgan fingerprint density at radius 1 is 1.06 bits per heavy atom. The fourth-order valence-corrected chi connectivity index (χ4v) is 4.77. The van der Waals surface area contributed by atoms with Crippen LogP contribution in [0.15, 0.2) is 73.1 Å². The highest BCUT2D eigenvalue weighted by molar-refractivity contribution is 5.96. The summed E-state index contributed by atoms with van der Waals surface area (Å²) in [6, 6.07) is 20.1. The van der Waals surface area contributed by atoms with Gasteiger partial charge in [0.05, 0.1) is 28.5 Å². The van der Waals surface area contributed by atoms with Crippen molar-refractivity contribution in [1.82, 2.24) is 19.0 Å². The number of nitrogens with one attached hydrogen (secondary N) is 1. The molecule has 1 fully saturated rings. The lowest BCUT2D eigenvalue weighted by Crippen LogP contribution is -2.40. The molecule has 2 aromatic carbocycles. The second-order valence-electron chi connectivity index (χ2n) is 8.47. The second-order valence-corrected chi connectivity index (χ2v) is 8.47. The average molecular weight is 428 g/mol. The number of imidazole rings is 1. The maximum atomic E-state index is 13.2. The largest absolute Gasteiger partial charge is 0.331 e. The van der Waals surface area contributed by atoms with Gasteiger partial charge < -0.3 is 14.5 Å². The number of hydrogen-bond acceptors (Lipinski definition) is 3. The molecule has 4 aromatic rings. The monoisotopic (exact) mass is 427 g/mol. The summed E-state index contributed by atoms with van der Waals surface area (Å²) in [5.41, 5.74) is 4.05. The van der Waals surface area contributed by atoms with Crippen molar-refractivity contribution in [3.8, 4) is 5.69 Å². The van der Waals surface area contributed by atoms with Crippen LogP contribution in [0.1, 0.15) is 25.1 Å². The van der Waals surface area contributed by atoms with Crippen molar-refractivity contribution in [3.05, 3.63) is 78.9 Å². The molecular formula is C26H29N5O. The second kappa shape index (κ2) is 9.01. The van der Waals surface area contributed by atoms with Gasteiger partial charge in [0.2, 0.25) is 5.91 Å². The van der Waals surface area contributed by atoms with Gasteiger partial charge in [0.15, 0.2) is 0 Å². The molecule has 1 saturated heterocycles. The normalized spacial score (nSPS) is 16.6. The molecule has 3 heterocycles. The minimum absolute atomic E-state index is 0.0758. The summed E-state index contributed by atoms with van der Waals surface area (Å²) in [6.45, 7) is 1.88. The SMILES string of the molecule is Cn1c(CCCN2CCC[C@H]2C(=O)Nc2ccccc2-n2cccc2)nc2ccccc21. The Hall–Kier alpha value is -3.38. The molecule has 0 radical (unpaired) electrons. The molecule has 1 N–H and O–H groups in total. The van der Waals surface area contributed by atoms with Gasteiger partial charge in [-0.15, -0.1) is 0 Å². The summed E-state index contributed by atoms with van der Waals surface area (Å²) in [5, 5.41) is 3.19. The first-order chi connectivity index (χ1) is 15.7. The van der Waals surface area contributed by atoms with Crippen molar-refractivity contribution in [2.24, 2.45) is 7.05 Å². The number of para-hydroxylation sites is 4. The number of amides is 1. The number of aryl methyl sites for hydroxylation is 2. The molecule has 2 aromatic heterocycles. The lowest BCUT2D eigenvalue weighted by molar-refractivity contribution is -0.120. The highest BCUT2D eigenvalue weighted by Gasteiger charge is 2.30. The number of benzene rings is 2. The molecule has 5 rings (SSSR count). The number of rotatable bonds is 7. The highest BCUT2D eigenvalue weighted by Crippen LogP contribution is 2.24. The number of aromatic nitrogens is 3. The van der Waals surface area contributed by atoms with Crippen LogP contribution < -0.4 is 5.32 Å². The zero-order valence-electron chi connectivity index (χ0n) is 18.4. The number of carbonyl (C=O) groups excluding carboxylic acids is 1. The third-order valence-electron chi connectivity index (χ3n) is 6.44. The van der Waals surface area contributed by atoms with Gasteiger partial charge in [0, 0.05) is 25.9 Å². The number of hydrogen-bond donors (Lipinski definition) is 1. The summed E-state index contributed by atoms with van der Waals surface area (Å²) in [5.74, 6) is 1.19. The van der Waals surface area contributed by atoms with Crippen LogP contribution in [0.2, 0.25) is 0 Å². The Morgan fingerprint density at radius 3 is 2.69 bits per heavy atom. The summed E-state index contributed by atoms with van der Waals surface area (Å²) < 4.78 is 4.21. The van der Waals surface area contributed by atoms with Gasteiger partial charge in [-0.1, -0.05) is 24.3 Å². The lowest BCUT2D eigenvalue weighted by Gasteiger charge is -2.24. The average Bonchev–Trinajstić information content (AvgIpc) is 3.56. The van der Waals surface area contributed by atoms with Crippen LogP contribution >= 0.6 is 0 Å². The molecule has 1 aliphatic rings. The molecule has 0 spiro atoms. The zero-order chi connectivity index (χ0) is 21.9. The van der Waals surface area contributed by atoms with Crippen LogP contribution in [0.25, 0.3) is 16.7 Å². The fourth-order valence-electron chi connectivity index (χ4n) is 4.77. The van der Waals surface area contributed by atoms with E-state index < -0.39 is 0 Å². The summed E-state index contributed by atoms with van der Waals surface area (Å²) in [6.07, 6.45) is 7.85. The number of carbonyl (C=O) groups is 1. The predicted molar refractivity (Wildman–Crippen MR) is 128 cm³/mol. The van der Waals surface area contributed by atoms with Crippen LogP contribution in [-0.4, -0.2) is 44.1 Å². The van der Waals surface area contributed by atoms with E-state index in [4.69, 9.17) is 4.98 Å². The highest BCUT2D eigenvalue weighted by atomic mass is 16.2. The number of nitrogens with zero attached hydrogens (tertiary/aromatic N) is 4. The lowest BCUT2D eigenvalue weighted by atomic mass is 10.1. The van der Waals surface area contributed by atoms with Crippen LogP contribution in [0.5, 0.6) is 0 Å². The van der Waals surface area contributed by atoms with E-state index in [9.17, 15) is 4.79 Å². The van der Waals surface area contributed by atoms with Crippen LogP contribution in [0.3, 0.4) is 0 Å². The van der Waals surface area contributed by atoms with Gasteiger partial charge in [0.1, 0.15) is 5.82 Å². The first-order valence-electron chi connectivity index (χ1n) is 11.4. The van der Waals surface area contributed by atoms with Gasteiger partial charge in [0.25, 0.3) is 0 Å². The van der Waals surface area contributed by atoms with E-state index in [0.29, 0.717) is 0 Å². The van der Waals surface area contributed by atoms with E-state index >= 15 is 0 Å². The number of likely N-dealkylation sites (tertiary alicyclic amines) is 1. The minimum atomic E-state index is -0.0758. The Bertz CT molecular complexity index is 1210. The maximum absolute atomic E-state index is 13.2. The van der Waals surface area contributed by atoms with Gasteiger partial charge >= 0.3 is 0 Å². The van der Waals surface area contributed by atoms with E-state index in [2.05, 4.69) is 40.0 Å². The summed E-state index contributed by atoms with van der Waals surface area (Å²) >= 11 is 0. The van der Waals surface area contributed by atoms with E-state index in [1.165, 1.54) is 5.52 Å². The van der Waals surface area contributed by atoms with Crippen LogP contribution in [0, 0.1) is 0 Å². The van der Waals surface area contributed by atoms with Gasteiger partial charge in [-0.05, 0) is 68.8 Å². The van der Waals surface area contributed by atoms with E-state index in [0.717, 1.165) is 61.5 Å². The summed E-state index contributed by atoms with van der Waals surface area (Å²) in [7, 11) is 2.08. The molecule has 0 bridgehead atoms. The molecule has 0 aliphatic carbocycles. The van der Waals surface area contributed by atoms with E-state index in [1.54, 1.807) is 0 Å². The fraction of sp³-hybridized carbons (Fsp3) is 0.308. The van der Waals surface area contributed by atoms with Crippen molar-refractivity contribution >= 4 is 22.6 Å². The van der Waals surface area contributed by atoms with Crippen molar-refractivity contribution < 1.29 is 4.79 Å². The maximum Gasteiger partial charge on any atom is 0.241 e. The Labute approximate surface area is 188 Å². The van der Waals surface area contributed by atoms with Gasteiger partial charge in [-0.2, -0.15) is 0 Å². The zero-order valence-corrected chi connectivity index (χ0v) is 18.4. The molecule has 0 saturated carbocycles. The van der Waals surface area contributed by atoms with Crippen LogP contribution in [-0.2, 0) is 18.3 Å². The number of fused-ring (bicyclic) bond motifs is 1. The standard InChI is InChI=1S/C26H29N5O/c1-29-22-12-4-2-10-20(22)27-25(29)15-9-19-31-18-8-14-24(31)26(32)28-21-11-3-5-13-23(21)30-16-6-7-17-30/h2-7,10-13,16-17,24H,8-9,14-15,18-19H2,1H3,(H,28,32)/t24-/m0/s1. The minimum Gasteiger partial charge on any atom is -0.331 e. The van der Waals surface area contributed by atoms with Crippen molar-refractivity contribution in [1.29, 1.82) is 0 Å². The first kappa shape index (κ1) is 20.5. The van der Waals surface area contributed by atoms with Crippen molar-refractivity contribution in [2.75, 3.05) is 18.4 Å². The third kappa shape index (κ3) is 4.06. The van der Waals surface area contributed by atoms with Crippen LogP contribution in [0.4, 0.5) is 5.69 Å². The van der Waals surface area contributed by atoms with E-state index in [1.807, 2.05) is 59.4 Å². The van der Waals surface area contributed by atoms with Crippen molar-refractivity contribution in [2.45, 2.75) is 31.7 Å². The topological polar surface area (TPSA) is 55.1 Å². The molecule has 1 amide bonds. The quantitative estimate of drug-likeness (QED) is 0.476. The first-order valence-corrected chi connectivity index (χ1v) is 11.4. The van der Waals surface area contributed by atoms with Gasteiger partial charge in [-0.3, -0.25) is 9.69 Å². The molecule has 6 nitrogen and oxygen atoms in total. The summed E-state index contributed by atoms with van der Waals surface area (Å²) in [4.78, 5) is 20.3. The molecule has 6 heteroatoms. The van der Waals surface area contributed by atoms with Gasteiger partial charge in [-0.25, -0.2) is 4.98 Å². The van der Waals surface area contributed by atoms with Crippen molar-refractivity contribution in [3.63, 3.8) is 0 Å². The third-order valence-corrected chi connectivity index (χ3v) is 6.44. The number of anilines is 1. The molecular weight excluding hydrogens is 398 g/mol. The smallest absolute Gasteiger partial charge is 0.241 e. The molecule has 32 heavy (non-hydrogen) atoms. The Kier molecular flexibility index (Phi) is 5.77.